The maximum absolute atomic E-state index is 9.12. The van der Waals surface area contributed by atoms with Crippen molar-refractivity contribution >= 4 is 6.08 Å². The molecule has 1 heterocycles. The molecule has 4 heteroatoms. The molecule has 1 atom stereocenters. The fourth-order valence-corrected chi connectivity index (χ4v) is 2.60. The van der Waals surface area contributed by atoms with Gasteiger partial charge in [-0.3, -0.25) is 4.90 Å². The lowest BCUT2D eigenvalue weighted by atomic mass is 10.1. The zero-order valence-electron chi connectivity index (χ0n) is 12.1. The van der Waals surface area contributed by atoms with Gasteiger partial charge >= 0.3 is 0 Å². The van der Waals surface area contributed by atoms with Crippen molar-refractivity contribution in [2.75, 3.05) is 39.9 Å². The number of aliphatic hydroxyl groups is 1. The van der Waals surface area contributed by atoms with Crippen molar-refractivity contribution in [3.8, 4) is 5.75 Å². The molecule has 0 aromatic heterocycles. The molecule has 1 aliphatic heterocycles. The van der Waals surface area contributed by atoms with Gasteiger partial charge < -0.3 is 15.2 Å². The number of nitrogens with zero attached hydrogens (tertiary/aromatic N) is 1. The zero-order valence-corrected chi connectivity index (χ0v) is 12.1. The van der Waals surface area contributed by atoms with Crippen LogP contribution in [0.1, 0.15) is 12.0 Å². The van der Waals surface area contributed by atoms with Crippen LogP contribution < -0.4 is 10.1 Å². The standard InChI is InChI=1S/C16H24N2O2/c1-20-16-7-3-2-5-14(16)6-4-10-18-11-9-17-13-15(18)8-12-19/h2-7,15,17,19H,8-13H2,1H3. The summed E-state index contributed by atoms with van der Waals surface area (Å²) in [6.45, 7) is 4.16. The number of hydrogen-bond donors (Lipinski definition) is 2. The maximum Gasteiger partial charge on any atom is 0.126 e. The zero-order chi connectivity index (χ0) is 14.2. The van der Waals surface area contributed by atoms with E-state index in [9.17, 15) is 0 Å². The summed E-state index contributed by atoms with van der Waals surface area (Å²) in [7, 11) is 1.69. The Morgan fingerprint density at radius 1 is 1.45 bits per heavy atom. The van der Waals surface area contributed by atoms with Gasteiger partial charge in [0.1, 0.15) is 5.75 Å². The van der Waals surface area contributed by atoms with E-state index < -0.39 is 0 Å². The molecule has 4 nitrogen and oxygen atoms in total. The monoisotopic (exact) mass is 276 g/mol. The summed E-state index contributed by atoms with van der Waals surface area (Å²) in [6, 6.07) is 8.44. The Bertz CT molecular complexity index is 432. The van der Waals surface area contributed by atoms with Crippen molar-refractivity contribution in [2.24, 2.45) is 0 Å². The summed E-state index contributed by atoms with van der Waals surface area (Å²) in [4.78, 5) is 2.42. The Kier molecular flexibility index (Phi) is 6.05. The van der Waals surface area contributed by atoms with Crippen LogP contribution in [0.4, 0.5) is 0 Å². The highest BCUT2D eigenvalue weighted by Crippen LogP contribution is 2.18. The minimum atomic E-state index is 0.249. The molecular formula is C16H24N2O2. The lowest BCUT2D eigenvalue weighted by Gasteiger charge is -2.35. The van der Waals surface area contributed by atoms with Crippen LogP contribution in [-0.4, -0.2) is 55.9 Å². The Labute approximate surface area is 121 Å². The number of para-hydroxylation sites is 1. The van der Waals surface area contributed by atoms with E-state index in [0.29, 0.717) is 6.04 Å². The second-order valence-corrected chi connectivity index (χ2v) is 5.01. The molecule has 2 rings (SSSR count). The van der Waals surface area contributed by atoms with E-state index in [1.54, 1.807) is 7.11 Å². The van der Waals surface area contributed by atoms with Crippen molar-refractivity contribution in [3.05, 3.63) is 35.9 Å². The molecule has 0 radical (unpaired) electrons. The largest absolute Gasteiger partial charge is 0.496 e. The average molecular weight is 276 g/mol. The lowest BCUT2D eigenvalue weighted by Crippen LogP contribution is -2.51. The molecule has 2 N–H and O–H groups in total. The van der Waals surface area contributed by atoms with Gasteiger partial charge in [-0.05, 0) is 12.5 Å². The SMILES string of the molecule is COc1ccccc1C=CCN1CCNCC1CCO. The van der Waals surface area contributed by atoms with Gasteiger partial charge in [-0.25, -0.2) is 0 Å². The van der Waals surface area contributed by atoms with Crippen LogP contribution in [0, 0.1) is 0 Å². The first-order valence-corrected chi connectivity index (χ1v) is 7.20. The number of nitrogens with one attached hydrogen (secondary N) is 1. The van der Waals surface area contributed by atoms with Crippen LogP contribution in [0.3, 0.4) is 0 Å². The number of methoxy groups -OCH3 is 1. The van der Waals surface area contributed by atoms with Gasteiger partial charge in [-0.2, -0.15) is 0 Å². The molecule has 0 aliphatic carbocycles. The number of ether oxygens (including phenoxy) is 1. The first-order chi connectivity index (χ1) is 9.85. The third kappa shape index (κ3) is 4.07. The predicted octanol–water partition coefficient (Wildman–Crippen LogP) is 1.36. The van der Waals surface area contributed by atoms with Crippen molar-refractivity contribution in [1.82, 2.24) is 10.2 Å². The first kappa shape index (κ1) is 15.0. The van der Waals surface area contributed by atoms with E-state index in [2.05, 4.69) is 28.4 Å². The smallest absolute Gasteiger partial charge is 0.126 e. The Balaban J connectivity index is 1.94. The molecule has 1 saturated heterocycles. The molecule has 1 fully saturated rings. The quantitative estimate of drug-likeness (QED) is 0.823. The highest BCUT2D eigenvalue weighted by atomic mass is 16.5. The van der Waals surface area contributed by atoms with Gasteiger partial charge in [-0.1, -0.05) is 30.4 Å². The predicted molar refractivity (Wildman–Crippen MR) is 82.0 cm³/mol. The molecule has 0 bridgehead atoms. The highest BCUT2D eigenvalue weighted by Gasteiger charge is 2.20. The van der Waals surface area contributed by atoms with E-state index in [1.807, 2.05) is 18.2 Å². The lowest BCUT2D eigenvalue weighted by molar-refractivity contribution is 0.143. The molecule has 0 spiro atoms. The number of piperazine rings is 1. The summed E-state index contributed by atoms with van der Waals surface area (Å²) < 4.78 is 5.34. The van der Waals surface area contributed by atoms with Crippen molar-refractivity contribution in [2.45, 2.75) is 12.5 Å². The molecule has 1 aliphatic rings. The molecule has 1 aromatic carbocycles. The van der Waals surface area contributed by atoms with E-state index in [-0.39, 0.29) is 6.61 Å². The van der Waals surface area contributed by atoms with Crippen LogP contribution in [0.5, 0.6) is 5.75 Å². The van der Waals surface area contributed by atoms with Gasteiger partial charge in [0.2, 0.25) is 0 Å². The van der Waals surface area contributed by atoms with Crippen molar-refractivity contribution in [3.63, 3.8) is 0 Å². The van der Waals surface area contributed by atoms with E-state index >= 15 is 0 Å². The highest BCUT2D eigenvalue weighted by molar-refractivity contribution is 5.57. The molecule has 0 saturated carbocycles. The van der Waals surface area contributed by atoms with E-state index in [1.165, 1.54) is 0 Å². The number of rotatable bonds is 6. The summed E-state index contributed by atoms with van der Waals surface area (Å²) in [5, 5.41) is 12.5. The average Bonchev–Trinajstić information content (AvgIpc) is 2.50. The molecule has 1 aromatic rings. The van der Waals surface area contributed by atoms with E-state index in [4.69, 9.17) is 9.84 Å². The van der Waals surface area contributed by atoms with E-state index in [0.717, 1.165) is 43.9 Å². The summed E-state index contributed by atoms with van der Waals surface area (Å²) in [6.07, 6.45) is 5.11. The first-order valence-electron chi connectivity index (χ1n) is 7.20. The van der Waals surface area contributed by atoms with Gasteiger partial charge in [-0.15, -0.1) is 0 Å². The Morgan fingerprint density at radius 2 is 2.30 bits per heavy atom. The third-order valence-electron chi connectivity index (χ3n) is 3.71. The van der Waals surface area contributed by atoms with Crippen LogP contribution in [0.25, 0.3) is 6.08 Å². The number of aliphatic hydroxyl groups excluding tert-OH is 1. The van der Waals surface area contributed by atoms with Gasteiger partial charge in [0.15, 0.2) is 0 Å². The molecule has 20 heavy (non-hydrogen) atoms. The van der Waals surface area contributed by atoms with Crippen LogP contribution in [0.2, 0.25) is 0 Å². The summed E-state index contributed by atoms with van der Waals surface area (Å²) >= 11 is 0. The van der Waals surface area contributed by atoms with Crippen LogP contribution in [-0.2, 0) is 0 Å². The topological polar surface area (TPSA) is 44.7 Å². The summed E-state index contributed by atoms with van der Waals surface area (Å²) in [5.74, 6) is 0.899. The molecular weight excluding hydrogens is 252 g/mol. The van der Waals surface area contributed by atoms with Crippen molar-refractivity contribution in [1.29, 1.82) is 0 Å². The second-order valence-electron chi connectivity index (χ2n) is 5.01. The van der Waals surface area contributed by atoms with Crippen LogP contribution in [0.15, 0.2) is 30.3 Å². The Hall–Kier alpha value is -1.36. The molecule has 1 unspecified atom stereocenters. The number of benzene rings is 1. The summed E-state index contributed by atoms with van der Waals surface area (Å²) in [5.41, 5.74) is 1.10. The third-order valence-corrected chi connectivity index (χ3v) is 3.71. The molecule has 110 valence electrons. The number of hydrogen-bond acceptors (Lipinski definition) is 4. The second kappa shape index (κ2) is 8.04. The van der Waals surface area contributed by atoms with Crippen molar-refractivity contribution < 1.29 is 9.84 Å². The normalized spacial score (nSPS) is 20.4. The minimum absolute atomic E-state index is 0.249. The van der Waals surface area contributed by atoms with Crippen LogP contribution >= 0.6 is 0 Å². The maximum atomic E-state index is 9.12. The van der Waals surface area contributed by atoms with Gasteiger partial charge in [0.05, 0.1) is 7.11 Å². The van der Waals surface area contributed by atoms with Gasteiger partial charge in [0.25, 0.3) is 0 Å². The fourth-order valence-electron chi connectivity index (χ4n) is 2.60. The van der Waals surface area contributed by atoms with Gasteiger partial charge in [0, 0.05) is 44.4 Å². The fraction of sp³-hybridized carbons (Fsp3) is 0.500. The molecule has 0 amide bonds. The minimum Gasteiger partial charge on any atom is -0.496 e. The Morgan fingerprint density at radius 3 is 3.10 bits per heavy atom.